The van der Waals surface area contributed by atoms with Crippen LogP contribution in [0.2, 0.25) is 0 Å². The molecule has 1 aromatic rings. The van der Waals surface area contributed by atoms with E-state index >= 15 is 0 Å². The first-order valence-electron chi connectivity index (χ1n) is 11.2. The molecular weight excluding hydrogens is 362 g/mol. The maximum atomic E-state index is 12.1. The lowest BCUT2D eigenvalue weighted by molar-refractivity contribution is -0.116. The molecule has 29 heavy (non-hydrogen) atoms. The van der Waals surface area contributed by atoms with Gasteiger partial charge in [-0.15, -0.1) is 0 Å². The molecule has 0 aliphatic carbocycles. The van der Waals surface area contributed by atoms with Crippen molar-refractivity contribution in [2.75, 3.05) is 44.6 Å². The molecule has 2 aliphatic heterocycles. The van der Waals surface area contributed by atoms with Gasteiger partial charge in [0, 0.05) is 50.7 Å². The van der Waals surface area contributed by atoms with Crippen molar-refractivity contribution in [3.63, 3.8) is 0 Å². The molecule has 2 heterocycles. The highest BCUT2D eigenvalue weighted by molar-refractivity contribution is 5.94. The monoisotopic (exact) mass is 399 g/mol. The molecule has 3 rings (SSSR count). The molecule has 6 nitrogen and oxygen atoms in total. The smallest absolute Gasteiger partial charge is 0.225 e. The number of fused-ring (bicyclic) bond motifs is 1. The number of amides is 1. The van der Waals surface area contributed by atoms with Crippen LogP contribution in [0.15, 0.2) is 29.3 Å². The van der Waals surface area contributed by atoms with E-state index in [1.54, 1.807) is 0 Å². The second-order valence-electron chi connectivity index (χ2n) is 8.80. The third-order valence-corrected chi connectivity index (χ3v) is 5.70. The fraction of sp³-hybridized carbons (Fsp3) is 0.652. The van der Waals surface area contributed by atoms with Crippen molar-refractivity contribution in [2.45, 2.75) is 46.0 Å². The minimum Gasteiger partial charge on any atom is -0.357 e. The van der Waals surface area contributed by atoms with Gasteiger partial charge in [0.15, 0.2) is 5.96 Å². The number of nitrogens with zero attached hydrogens (tertiary/aromatic N) is 2. The average Bonchev–Trinajstić information content (AvgIpc) is 2.69. The van der Waals surface area contributed by atoms with Crippen LogP contribution in [0.5, 0.6) is 0 Å². The van der Waals surface area contributed by atoms with Crippen molar-refractivity contribution in [1.29, 1.82) is 0 Å². The number of carbonyl (C=O) groups excluding carboxylic acids is 1. The molecular formula is C23H37N5O. The summed E-state index contributed by atoms with van der Waals surface area (Å²) in [6, 6.07) is 8.09. The summed E-state index contributed by atoms with van der Waals surface area (Å²) in [6.07, 6.45) is 3.04. The van der Waals surface area contributed by atoms with E-state index in [0.717, 1.165) is 31.3 Å². The fourth-order valence-electron chi connectivity index (χ4n) is 4.45. The van der Waals surface area contributed by atoms with Crippen molar-refractivity contribution in [2.24, 2.45) is 16.8 Å². The largest absolute Gasteiger partial charge is 0.357 e. The zero-order chi connectivity index (χ0) is 20.6. The normalized spacial score (nSPS) is 22.9. The third kappa shape index (κ3) is 6.46. The minimum absolute atomic E-state index is 0.0879. The van der Waals surface area contributed by atoms with Gasteiger partial charge < -0.3 is 20.9 Å². The Bertz CT molecular complexity index is 702. The van der Waals surface area contributed by atoms with E-state index < -0.39 is 0 Å². The van der Waals surface area contributed by atoms with Crippen LogP contribution in [0.4, 0.5) is 5.69 Å². The molecule has 1 fully saturated rings. The van der Waals surface area contributed by atoms with Crippen molar-refractivity contribution in [3.05, 3.63) is 29.8 Å². The summed E-state index contributed by atoms with van der Waals surface area (Å²) in [5, 5.41) is 9.82. The first-order valence-corrected chi connectivity index (χ1v) is 11.2. The van der Waals surface area contributed by atoms with Gasteiger partial charge in [-0.05, 0) is 49.8 Å². The highest BCUT2D eigenvalue weighted by Crippen LogP contribution is 2.31. The number of piperidine rings is 1. The van der Waals surface area contributed by atoms with Gasteiger partial charge in [0.25, 0.3) is 0 Å². The predicted molar refractivity (Wildman–Crippen MR) is 120 cm³/mol. The summed E-state index contributed by atoms with van der Waals surface area (Å²) in [4.78, 5) is 19.5. The molecule has 1 saturated heterocycles. The van der Waals surface area contributed by atoms with Crippen LogP contribution in [0.3, 0.4) is 0 Å². The lowest BCUT2D eigenvalue weighted by Gasteiger charge is -2.33. The van der Waals surface area contributed by atoms with Gasteiger partial charge >= 0.3 is 0 Å². The predicted octanol–water partition coefficient (Wildman–Crippen LogP) is 3.04. The van der Waals surface area contributed by atoms with E-state index in [4.69, 9.17) is 4.99 Å². The summed E-state index contributed by atoms with van der Waals surface area (Å²) >= 11 is 0. The second-order valence-corrected chi connectivity index (χ2v) is 8.80. The fourth-order valence-corrected chi connectivity index (χ4v) is 4.45. The standard InChI is InChI=1S/C23H37N5O/c1-4-24-23(25-13-18-8-7-11-28(16-18)15-17(2)3)26-14-19-12-22(29)27-21-10-6-5-9-20(19)21/h5-6,9-10,17-19H,4,7-8,11-16H2,1-3H3,(H,27,29)(H2,24,25,26). The number of nitrogens with one attached hydrogen (secondary N) is 3. The molecule has 0 saturated carbocycles. The summed E-state index contributed by atoms with van der Waals surface area (Å²) in [5.41, 5.74) is 2.14. The number of hydrogen-bond acceptors (Lipinski definition) is 3. The number of para-hydroxylation sites is 1. The zero-order valence-corrected chi connectivity index (χ0v) is 18.2. The Morgan fingerprint density at radius 1 is 1.31 bits per heavy atom. The molecule has 2 atom stereocenters. The minimum atomic E-state index is 0.0879. The number of anilines is 1. The van der Waals surface area contributed by atoms with Gasteiger partial charge in [-0.1, -0.05) is 32.0 Å². The molecule has 0 aromatic heterocycles. The van der Waals surface area contributed by atoms with Crippen LogP contribution < -0.4 is 16.0 Å². The van der Waals surface area contributed by atoms with Crippen molar-refractivity contribution in [3.8, 4) is 0 Å². The van der Waals surface area contributed by atoms with Gasteiger partial charge in [0.1, 0.15) is 0 Å². The van der Waals surface area contributed by atoms with Crippen LogP contribution in [0, 0.1) is 11.8 Å². The van der Waals surface area contributed by atoms with Crippen LogP contribution in [0.1, 0.15) is 51.5 Å². The van der Waals surface area contributed by atoms with Gasteiger partial charge in [0.2, 0.25) is 5.91 Å². The Morgan fingerprint density at radius 2 is 2.14 bits per heavy atom. The van der Waals surface area contributed by atoms with Crippen LogP contribution in [-0.2, 0) is 4.79 Å². The van der Waals surface area contributed by atoms with Crippen LogP contribution in [0.25, 0.3) is 0 Å². The lowest BCUT2D eigenvalue weighted by Crippen LogP contribution is -2.42. The molecule has 0 spiro atoms. The van der Waals surface area contributed by atoms with Crippen molar-refractivity contribution >= 4 is 17.6 Å². The van der Waals surface area contributed by atoms with E-state index in [-0.39, 0.29) is 11.8 Å². The van der Waals surface area contributed by atoms with Gasteiger partial charge in [-0.2, -0.15) is 0 Å². The van der Waals surface area contributed by atoms with Crippen LogP contribution in [-0.4, -0.2) is 56.0 Å². The molecule has 0 bridgehead atoms. The molecule has 1 amide bonds. The van der Waals surface area contributed by atoms with Gasteiger partial charge in [-0.25, -0.2) is 0 Å². The number of hydrogen-bond donors (Lipinski definition) is 3. The van der Waals surface area contributed by atoms with E-state index in [9.17, 15) is 4.79 Å². The number of carbonyl (C=O) groups is 1. The number of benzene rings is 1. The average molecular weight is 400 g/mol. The lowest BCUT2D eigenvalue weighted by atomic mass is 9.90. The summed E-state index contributed by atoms with van der Waals surface area (Å²) in [6.45, 7) is 12.6. The Morgan fingerprint density at radius 3 is 2.93 bits per heavy atom. The highest BCUT2D eigenvalue weighted by Gasteiger charge is 2.25. The Kier molecular flexibility index (Phi) is 7.92. The Hall–Kier alpha value is -2.08. The topological polar surface area (TPSA) is 68.8 Å². The Labute approximate surface area is 175 Å². The van der Waals surface area contributed by atoms with Gasteiger partial charge in [0.05, 0.1) is 0 Å². The van der Waals surface area contributed by atoms with E-state index in [2.05, 4.69) is 47.7 Å². The van der Waals surface area contributed by atoms with E-state index in [0.29, 0.717) is 24.8 Å². The van der Waals surface area contributed by atoms with Gasteiger partial charge in [-0.3, -0.25) is 9.79 Å². The van der Waals surface area contributed by atoms with Crippen LogP contribution >= 0.6 is 0 Å². The first kappa shape index (κ1) is 21.6. The quantitative estimate of drug-likeness (QED) is 0.487. The highest BCUT2D eigenvalue weighted by atomic mass is 16.1. The van der Waals surface area contributed by atoms with E-state index in [1.807, 2.05) is 18.2 Å². The number of rotatable bonds is 7. The maximum Gasteiger partial charge on any atom is 0.225 e. The first-order chi connectivity index (χ1) is 14.0. The number of aliphatic imine (C=N–C) groups is 1. The maximum absolute atomic E-state index is 12.1. The molecule has 0 radical (unpaired) electrons. The van der Waals surface area contributed by atoms with Crippen molar-refractivity contribution < 1.29 is 4.79 Å². The summed E-state index contributed by atoms with van der Waals surface area (Å²) in [5.74, 6) is 2.45. The molecule has 6 heteroatoms. The molecule has 3 N–H and O–H groups in total. The Balaban J connectivity index is 1.57. The molecule has 1 aromatic carbocycles. The summed E-state index contributed by atoms with van der Waals surface area (Å²) < 4.78 is 0. The van der Waals surface area contributed by atoms with E-state index in [1.165, 1.54) is 31.5 Å². The number of guanidine groups is 1. The molecule has 160 valence electrons. The third-order valence-electron chi connectivity index (χ3n) is 5.70. The molecule has 2 unspecified atom stereocenters. The molecule has 2 aliphatic rings. The summed E-state index contributed by atoms with van der Waals surface area (Å²) in [7, 11) is 0. The number of likely N-dealkylation sites (tertiary alicyclic amines) is 1. The zero-order valence-electron chi connectivity index (χ0n) is 18.2. The van der Waals surface area contributed by atoms with Crippen molar-refractivity contribution in [1.82, 2.24) is 15.5 Å². The second kappa shape index (κ2) is 10.6. The SMILES string of the molecule is CCNC(=NCC1CCCN(CC(C)C)C1)NCC1CC(=O)Nc2ccccc21.